The number of amides is 1. The Morgan fingerprint density at radius 2 is 2.07 bits per heavy atom. The van der Waals surface area contributed by atoms with Crippen molar-refractivity contribution in [3.05, 3.63) is 56.2 Å². The summed E-state index contributed by atoms with van der Waals surface area (Å²) in [6.07, 6.45) is -3.77. The highest BCUT2D eigenvalue weighted by Gasteiger charge is 2.38. The zero-order chi connectivity index (χ0) is 20.8. The number of rotatable bonds is 3. The summed E-state index contributed by atoms with van der Waals surface area (Å²) in [5.41, 5.74) is 4.23. The molecule has 0 saturated carbocycles. The van der Waals surface area contributed by atoms with Crippen LogP contribution in [0.4, 0.5) is 18.9 Å². The van der Waals surface area contributed by atoms with Gasteiger partial charge in [-0.25, -0.2) is 10.3 Å². The number of alkyl halides is 3. The summed E-state index contributed by atoms with van der Waals surface area (Å²) in [7, 11) is 1.12. The number of hydrogen-bond donors (Lipinski definition) is 2. The molecule has 0 unspecified atom stereocenters. The second-order valence-corrected chi connectivity index (χ2v) is 7.73. The maximum absolute atomic E-state index is 13.4. The maximum atomic E-state index is 13.4. The fraction of sp³-hybridized carbons (Fsp3) is 0.263. The van der Waals surface area contributed by atoms with E-state index in [0.29, 0.717) is 12.2 Å². The molecule has 2 aromatic carbocycles. The highest BCUT2D eigenvalue weighted by Crippen LogP contribution is 2.39. The minimum atomic E-state index is -4.64. The van der Waals surface area contributed by atoms with Crippen LogP contribution in [0.15, 0.2) is 35.4 Å². The van der Waals surface area contributed by atoms with Gasteiger partial charge in [0.05, 0.1) is 23.9 Å². The Hall–Kier alpha value is -2.34. The van der Waals surface area contributed by atoms with E-state index in [0.717, 1.165) is 35.3 Å². The van der Waals surface area contributed by atoms with Gasteiger partial charge in [-0.3, -0.25) is 4.79 Å². The molecule has 10 heteroatoms. The summed E-state index contributed by atoms with van der Waals surface area (Å²) >= 11 is 2.21. The third-order valence-corrected chi connectivity index (χ3v) is 5.74. The molecular weight excluding hydrogens is 500 g/mol. The Morgan fingerprint density at radius 1 is 1.31 bits per heavy atom. The lowest BCUT2D eigenvalue weighted by atomic mass is 10.00. The van der Waals surface area contributed by atoms with Crippen LogP contribution >= 0.6 is 22.6 Å². The van der Waals surface area contributed by atoms with Gasteiger partial charge in [0, 0.05) is 10.1 Å². The van der Waals surface area contributed by atoms with Gasteiger partial charge in [-0.15, -0.1) is 5.10 Å². The second-order valence-electron chi connectivity index (χ2n) is 6.56. The molecule has 4 rings (SSSR count). The van der Waals surface area contributed by atoms with E-state index in [9.17, 15) is 18.0 Å². The van der Waals surface area contributed by atoms with Crippen LogP contribution in [-0.4, -0.2) is 25.5 Å². The van der Waals surface area contributed by atoms with Gasteiger partial charge in [-0.1, -0.05) is 6.07 Å². The van der Waals surface area contributed by atoms with E-state index < -0.39 is 23.4 Å². The smallest absolute Gasteiger partial charge is 0.419 e. The summed E-state index contributed by atoms with van der Waals surface area (Å²) in [6, 6.07) is 7.10. The number of guanidine groups is 1. The van der Waals surface area contributed by atoms with Gasteiger partial charge < -0.3 is 10.1 Å². The molecule has 2 heterocycles. The molecule has 0 saturated heterocycles. The van der Waals surface area contributed by atoms with Crippen molar-refractivity contribution < 1.29 is 22.7 Å². The lowest BCUT2D eigenvalue weighted by Gasteiger charge is -2.24. The van der Waals surface area contributed by atoms with Crippen molar-refractivity contribution in [2.24, 2.45) is 5.10 Å². The van der Waals surface area contributed by atoms with E-state index in [4.69, 9.17) is 4.74 Å². The maximum Gasteiger partial charge on any atom is 0.419 e. The highest BCUT2D eigenvalue weighted by molar-refractivity contribution is 14.1. The third-order valence-electron chi connectivity index (χ3n) is 4.78. The fourth-order valence-corrected chi connectivity index (χ4v) is 4.35. The minimum Gasteiger partial charge on any atom is -0.495 e. The van der Waals surface area contributed by atoms with Gasteiger partial charge in [-0.2, -0.15) is 13.2 Å². The largest absolute Gasteiger partial charge is 0.495 e. The van der Waals surface area contributed by atoms with Gasteiger partial charge in [0.25, 0.3) is 5.91 Å². The van der Waals surface area contributed by atoms with E-state index in [-0.39, 0.29) is 11.5 Å². The first-order valence-corrected chi connectivity index (χ1v) is 9.83. The standard InChI is InChI=1S/C19H16F3IN4O2/c1-29-16-13(3-2-4-14(16)19(20,21)22)17(28)27(18-25-26-18)11-7-10-9-24-6-5-12(10)15(23)8-11/h2-4,7-8,24H,5-6,9H2,1H3,(H,25,26). The monoisotopic (exact) mass is 516 g/mol. The Bertz CT molecular complexity index is 1020. The molecule has 2 aliphatic rings. The van der Waals surface area contributed by atoms with Crippen molar-refractivity contribution in [2.45, 2.75) is 19.1 Å². The van der Waals surface area contributed by atoms with E-state index in [1.54, 1.807) is 0 Å². The molecule has 29 heavy (non-hydrogen) atoms. The number of benzene rings is 2. The molecule has 0 bridgehead atoms. The van der Waals surface area contributed by atoms with Crippen molar-refractivity contribution in [3.63, 3.8) is 0 Å². The molecule has 2 N–H and O–H groups in total. The van der Waals surface area contributed by atoms with Gasteiger partial charge in [0.1, 0.15) is 5.75 Å². The zero-order valence-corrected chi connectivity index (χ0v) is 17.4. The molecule has 0 spiro atoms. The number of anilines is 1. The number of carbonyl (C=O) groups is 1. The molecule has 1 amide bonds. The number of halogens is 4. The first kappa shape index (κ1) is 20.0. The van der Waals surface area contributed by atoms with Crippen LogP contribution in [0.1, 0.15) is 27.0 Å². The normalized spacial score (nSPS) is 15.1. The number of hydrogen-bond acceptors (Lipinski definition) is 5. The van der Waals surface area contributed by atoms with E-state index in [1.165, 1.54) is 22.6 Å². The first-order chi connectivity index (χ1) is 13.8. The number of fused-ring (bicyclic) bond motifs is 1. The summed E-state index contributed by atoms with van der Waals surface area (Å²) < 4.78 is 46.1. The van der Waals surface area contributed by atoms with Gasteiger partial charge in [-0.05, 0) is 70.9 Å². The second kappa shape index (κ2) is 7.48. The van der Waals surface area contributed by atoms with E-state index in [2.05, 4.69) is 38.4 Å². The SMILES string of the molecule is COc1c(C(=O)N(C2=NN2)c2cc(I)c3c(c2)CNCC3)cccc1C(F)(F)F. The summed E-state index contributed by atoms with van der Waals surface area (Å²) in [4.78, 5) is 14.6. The van der Waals surface area contributed by atoms with Crippen LogP contribution in [0.3, 0.4) is 0 Å². The number of carbonyl (C=O) groups excluding carboxylic acids is 1. The average Bonchev–Trinajstić information content (AvgIpc) is 3.52. The van der Waals surface area contributed by atoms with Crippen LogP contribution in [0.25, 0.3) is 0 Å². The van der Waals surface area contributed by atoms with Crippen LogP contribution in [-0.2, 0) is 19.1 Å². The molecule has 0 atom stereocenters. The average molecular weight is 516 g/mol. The topological polar surface area (TPSA) is 75.9 Å². The molecule has 0 aromatic heterocycles. The van der Waals surface area contributed by atoms with Crippen molar-refractivity contribution in [3.8, 4) is 5.75 Å². The number of nitrogens with one attached hydrogen (secondary N) is 2. The fourth-order valence-electron chi connectivity index (χ4n) is 3.41. The quantitative estimate of drug-likeness (QED) is 0.613. The van der Waals surface area contributed by atoms with Crippen LogP contribution in [0.2, 0.25) is 0 Å². The molecule has 0 radical (unpaired) electrons. The van der Waals surface area contributed by atoms with Crippen molar-refractivity contribution in [1.82, 2.24) is 10.7 Å². The lowest BCUT2D eigenvalue weighted by Crippen LogP contribution is -2.36. The van der Waals surface area contributed by atoms with Crippen molar-refractivity contribution in [1.29, 1.82) is 0 Å². The summed E-state index contributed by atoms with van der Waals surface area (Å²) in [6.45, 7) is 1.54. The number of para-hydroxylation sites is 1. The Morgan fingerprint density at radius 3 is 2.72 bits per heavy atom. The first-order valence-electron chi connectivity index (χ1n) is 8.75. The molecule has 152 valence electrons. The predicted octanol–water partition coefficient (Wildman–Crippen LogP) is 3.49. The molecule has 6 nitrogen and oxygen atoms in total. The molecular formula is C19H16F3IN4O2. The number of methoxy groups -OCH3 is 1. The Kier molecular flexibility index (Phi) is 5.15. The van der Waals surface area contributed by atoms with E-state index >= 15 is 0 Å². The van der Waals surface area contributed by atoms with Crippen molar-refractivity contribution >= 4 is 40.1 Å². The Balaban J connectivity index is 1.80. The zero-order valence-electron chi connectivity index (χ0n) is 15.2. The van der Waals surface area contributed by atoms with Gasteiger partial charge in [0.2, 0.25) is 5.96 Å². The van der Waals surface area contributed by atoms with Crippen LogP contribution in [0.5, 0.6) is 5.75 Å². The number of ether oxygens (including phenoxy) is 1. The Labute approximate surface area is 178 Å². The predicted molar refractivity (Wildman–Crippen MR) is 110 cm³/mol. The van der Waals surface area contributed by atoms with Crippen LogP contribution < -0.4 is 20.4 Å². The molecule has 0 aliphatic carbocycles. The highest BCUT2D eigenvalue weighted by atomic mass is 127. The lowest BCUT2D eigenvalue weighted by molar-refractivity contribution is -0.138. The number of hydrazone groups is 1. The minimum absolute atomic E-state index is 0.190. The third kappa shape index (κ3) is 3.78. The summed E-state index contributed by atoms with van der Waals surface area (Å²) in [5.74, 6) is -0.893. The molecule has 0 fully saturated rings. The van der Waals surface area contributed by atoms with Crippen molar-refractivity contribution in [2.75, 3.05) is 18.6 Å². The molecule has 2 aliphatic heterocycles. The van der Waals surface area contributed by atoms with Crippen LogP contribution in [0, 0.1) is 3.57 Å². The van der Waals surface area contributed by atoms with E-state index in [1.807, 2.05) is 12.1 Å². The summed E-state index contributed by atoms with van der Waals surface area (Å²) in [5, 5.41) is 7.17. The number of nitrogens with zero attached hydrogens (tertiary/aromatic N) is 2. The van der Waals surface area contributed by atoms with Gasteiger partial charge in [0.15, 0.2) is 0 Å². The van der Waals surface area contributed by atoms with Gasteiger partial charge >= 0.3 is 6.18 Å². The molecule has 2 aromatic rings.